The highest BCUT2D eigenvalue weighted by Crippen LogP contribution is 2.29. The molecule has 1 saturated heterocycles. The van der Waals surface area contributed by atoms with Crippen LogP contribution in [0.2, 0.25) is 0 Å². The van der Waals surface area contributed by atoms with Gasteiger partial charge in [0.1, 0.15) is 0 Å². The first-order chi connectivity index (χ1) is 11.5. The second-order valence-electron chi connectivity index (χ2n) is 6.22. The van der Waals surface area contributed by atoms with Crippen LogP contribution in [-0.2, 0) is 21.2 Å². The van der Waals surface area contributed by atoms with Gasteiger partial charge in [0.05, 0.1) is 4.90 Å². The third-order valence-electron chi connectivity index (χ3n) is 4.46. The summed E-state index contributed by atoms with van der Waals surface area (Å²) >= 11 is 0. The zero-order chi connectivity index (χ0) is 17.2. The SMILES string of the molecule is Cc1ccc(S(=O)(=O)N2C(=O)CCC2CCc2ccccc2)cc1. The standard InChI is InChI=1S/C19H21NO3S/c1-15-7-12-18(13-8-15)24(22,23)20-17(11-14-19(20)21)10-9-16-5-3-2-4-6-16/h2-8,12-13,17H,9-11,14H2,1H3. The molecule has 1 aliphatic heterocycles. The molecule has 2 aromatic rings. The number of carbonyl (C=O) groups excluding carboxylic acids is 1. The van der Waals surface area contributed by atoms with Crippen molar-refractivity contribution in [1.82, 2.24) is 4.31 Å². The summed E-state index contributed by atoms with van der Waals surface area (Å²) < 4.78 is 26.9. The first-order valence-corrected chi connectivity index (χ1v) is 9.60. The summed E-state index contributed by atoms with van der Waals surface area (Å²) in [6, 6.07) is 16.3. The molecule has 1 aliphatic rings. The van der Waals surface area contributed by atoms with Gasteiger partial charge in [-0.3, -0.25) is 4.79 Å². The van der Waals surface area contributed by atoms with Crippen molar-refractivity contribution in [2.75, 3.05) is 0 Å². The predicted molar refractivity (Wildman–Crippen MR) is 93.0 cm³/mol. The minimum atomic E-state index is -3.77. The van der Waals surface area contributed by atoms with Crippen LogP contribution >= 0.6 is 0 Å². The molecule has 0 aliphatic carbocycles. The summed E-state index contributed by atoms with van der Waals surface area (Å²) in [6.07, 6.45) is 2.31. The maximum absolute atomic E-state index is 12.9. The average Bonchev–Trinajstić information content (AvgIpc) is 2.96. The molecule has 0 aromatic heterocycles. The lowest BCUT2D eigenvalue weighted by molar-refractivity contribution is -0.124. The van der Waals surface area contributed by atoms with Crippen LogP contribution in [0.5, 0.6) is 0 Å². The van der Waals surface area contributed by atoms with Gasteiger partial charge in [-0.05, 0) is 43.9 Å². The summed E-state index contributed by atoms with van der Waals surface area (Å²) in [5.41, 5.74) is 2.15. The van der Waals surface area contributed by atoms with Gasteiger partial charge in [-0.15, -0.1) is 0 Å². The first kappa shape index (κ1) is 16.7. The third-order valence-corrected chi connectivity index (χ3v) is 6.34. The van der Waals surface area contributed by atoms with Gasteiger partial charge in [0, 0.05) is 12.5 Å². The molecule has 2 aromatic carbocycles. The highest BCUT2D eigenvalue weighted by Gasteiger charge is 2.40. The van der Waals surface area contributed by atoms with Crippen LogP contribution in [-0.4, -0.2) is 24.7 Å². The van der Waals surface area contributed by atoms with E-state index < -0.39 is 10.0 Å². The Labute approximate surface area is 143 Å². The van der Waals surface area contributed by atoms with E-state index in [0.29, 0.717) is 19.3 Å². The minimum absolute atomic E-state index is 0.188. The quantitative estimate of drug-likeness (QED) is 0.837. The topological polar surface area (TPSA) is 54.5 Å². The van der Waals surface area contributed by atoms with E-state index in [2.05, 4.69) is 0 Å². The van der Waals surface area contributed by atoms with Crippen LogP contribution in [0.25, 0.3) is 0 Å². The predicted octanol–water partition coefficient (Wildman–Crippen LogP) is 3.31. The molecule has 1 unspecified atom stereocenters. The van der Waals surface area contributed by atoms with E-state index in [1.807, 2.05) is 37.3 Å². The van der Waals surface area contributed by atoms with Crippen molar-refractivity contribution in [3.8, 4) is 0 Å². The van der Waals surface area contributed by atoms with Crippen molar-refractivity contribution < 1.29 is 13.2 Å². The molecule has 1 fully saturated rings. The normalized spacial score (nSPS) is 18.1. The van der Waals surface area contributed by atoms with Crippen LogP contribution in [0.15, 0.2) is 59.5 Å². The van der Waals surface area contributed by atoms with E-state index in [4.69, 9.17) is 0 Å². The number of benzene rings is 2. The molecular formula is C19H21NO3S. The van der Waals surface area contributed by atoms with Gasteiger partial charge < -0.3 is 0 Å². The lowest BCUT2D eigenvalue weighted by Crippen LogP contribution is -2.38. The molecule has 1 atom stereocenters. The lowest BCUT2D eigenvalue weighted by atomic mass is 10.0. The van der Waals surface area contributed by atoms with Gasteiger partial charge in [-0.2, -0.15) is 0 Å². The molecule has 0 N–H and O–H groups in total. The number of hydrogen-bond acceptors (Lipinski definition) is 3. The molecule has 126 valence electrons. The Morgan fingerprint density at radius 3 is 2.38 bits per heavy atom. The average molecular weight is 343 g/mol. The Balaban J connectivity index is 1.81. The van der Waals surface area contributed by atoms with Crippen LogP contribution in [0, 0.1) is 6.92 Å². The smallest absolute Gasteiger partial charge is 0.266 e. The fourth-order valence-electron chi connectivity index (χ4n) is 3.11. The van der Waals surface area contributed by atoms with Crippen molar-refractivity contribution in [2.45, 2.75) is 43.5 Å². The Bertz CT molecular complexity index is 813. The van der Waals surface area contributed by atoms with E-state index in [1.54, 1.807) is 24.3 Å². The molecule has 1 amide bonds. The summed E-state index contributed by atoms with van der Waals surface area (Å²) in [5.74, 6) is -0.298. The van der Waals surface area contributed by atoms with Crippen LogP contribution in [0.1, 0.15) is 30.4 Å². The van der Waals surface area contributed by atoms with Crippen molar-refractivity contribution in [3.63, 3.8) is 0 Å². The lowest BCUT2D eigenvalue weighted by Gasteiger charge is -2.24. The van der Waals surface area contributed by atoms with E-state index in [1.165, 1.54) is 0 Å². The van der Waals surface area contributed by atoms with Crippen LogP contribution in [0.4, 0.5) is 0 Å². The van der Waals surface area contributed by atoms with E-state index >= 15 is 0 Å². The minimum Gasteiger partial charge on any atom is -0.274 e. The molecule has 24 heavy (non-hydrogen) atoms. The molecule has 5 heteroatoms. The van der Waals surface area contributed by atoms with Crippen LogP contribution in [0.3, 0.4) is 0 Å². The molecule has 0 bridgehead atoms. The van der Waals surface area contributed by atoms with Gasteiger partial charge in [0.15, 0.2) is 0 Å². The molecule has 0 saturated carbocycles. The number of sulfonamides is 1. The maximum Gasteiger partial charge on any atom is 0.266 e. The number of nitrogens with zero attached hydrogens (tertiary/aromatic N) is 1. The summed E-state index contributed by atoms with van der Waals surface area (Å²) in [4.78, 5) is 12.4. The fraction of sp³-hybridized carbons (Fsp3) is 0.316. The fourth-order valence-corrected chi connectivity index (χ4v) is 4.78. The zero-order valence-corrected chi connectivity index (χ0v) is 14.5. The van der Waals surface area contributed by atoms with Gasteiger partial charge >= 0.3 is 0 Å². The summed E-state index contributed by atoms with van der Waals surface area (Å²) in [5, 5.41) is 0. The summed E-state index contributed by atoms with van der Waals surface area (Å²) in [6.45, 7) is 1.90. The van der Waals surface area contributed by atoms with Crippen molar-refractivity contribution in [1.29, 1.82) is 0 Å². The van der Waals surface area contributed by atoms with Crippen molar-refractivity contribution >= 4 is 15.9 Å². The number of rotatable bonds is 5. The molecule has 3 rings (SSSR count). The van der Waals surface area contributed by atoms with Gasteiger partial charge in [0.2, 0.25) is 5.91 Å². The maximum atomic E-state index is 12.9. The Morgan fingerprint density at radius 1 is 1.04 bits per heavy atom. The largest absolute Gasteiger partial charge is 0.274 e. The van der Waals surface area contributed by atoms with Crippen molar-refractivity contribution in [3.05, 3.63) is 65.7 Å². The van der Waals surface area contributed by atoms with Gasteiger partial charge in [-0.25, -0.2) is 12.7 Å². The Hall–Kier alpha value is -2.14. The highest BCUT2D eigenvalue weighted by atomic mass is 32.2. The van der Waals surface area contributed by atoms with E-state index in [9.17, 15) is 13.2 Å². The van der Waals surface area contributed by atoms with E-state index in [0.717, 1.165) is 21.9 Å². The molecule has 0 spiro atoms. The monoisotopic (exact) mass is 343 g/mol. The third kappa shape index (κ3) is 3.36. The van der Waals surface area contributed by atoms with Crippen molar-refractivity contribution in [2.24, 2.45) is 0 Å². The van der Waals surface area contributed by atoms with E-state index in [-0.39, 0.29) is 16.8 Å². The molecule has 0 radical (unpaired) electrons. The number of hydrogen-bond donors (Lipinski definition) is 0. The zero-order valence-electron chi connectivity index (χ0n) is 13.7. The molecule has 1 heterocycles. The number of aryl methyl sites for hydroxylation is 2. The van der Waals surface area contributed by atoms with Crippen LogP contribution < -0.4 is 0 Å². The highest BCUT2D eigenvalue weighted by molar-refractivity contribution is 7.89. The Kier molecular flexibility index (Phi) is 4.71. The second-order valence-corrected chi connectivity index (χ2v) is 8.04. The second kappa shape index (κ2) is 6.77. The number of carbonyl (C=O) groups is 1. The molecular weight excluding hydrogens is 322 g/mol. The van der Waals surface area contributed by atoms with Gasteiger partial charge in [-0.1, -0.05) is 48.0 Å². The molecule has 4 nitrogen and oxygen atoms in total. The summed E-state index contributed by atoms with van der Waals surface area (Å²) in [7, 11) is -3.77. The van der Waals surface area contributed by atoms with Gasteiger partial charge in [0.25, 0.3) is 10.0 Å². The Morgan fingerprint density at radius 2 is 1.71 bits per heavy atom. The number of amides is 1. The first-order valence-electron chi connectivity index (χ1n) is 8.16.